The molecule has 1 aromatic heterocycles. The molecule has 1 fully saturated rings. The molecule has 0 N–H and O–H groups in total. The predicted molar refractivity (Wildman–Crippen MR) is 44.5 cm³/mol. The maximum atomic E-state index is 8.52. The number of nitrogens with zero attached hydrogens (tertiary/aromatic N) is 3. The molecule has 0 amide bonds. The molecule has 0 saturated heterocycles. The predicted octanol–water partition coefficient (Wildman–Crippen LogP) is 1.36. The Morgan fingerprint density at radius 2 is 2.50 bits per heavy atom. The first kappa shape index (κ1) is 7.35. The molecule has 62 valence electrons. The largest absolute Gasteiger partial charge is 0.271 e. The fourth-order valence-corrected chi connectivity index (χ4v) is 1.36. The molecule has 3 nitrogen and oxygen atoms in total. The van der Waals surface area contributed by atoms with Crippen molar-refractivity contribution in [2.24, 2.45) is 7.05 Å². The zero-order valence-corrected chi connectivity index (χ0v) is 7.12. The minimum atomic E-state index is 0.468. The van der Waals surface area contributed by atoms with E-state index in [-0.39, 0.29) is 0 Å². The smallest absolute Gasteiger partial charge is 0.0771 e. The number of aryl methyl sites for hydroxylation is 1. The molecule has 1 aliphatic carbocycles. The molecule has 0 spiro atoms. The summed E-state index contributed by atoms with van der Waals surface area (Å²) in [5.41, 5.74) is 2.20. The van der Waals surface area contributed by atoms with Crippen molar-refractivity contribution in [3.63, 3.8) is 0 Å². The van der Waals surface area contributed by atoms with Crippen LogP contribution in [-0.4, -0.2) is 9.78 Å². The molecule has 0 bridgehead atoms. The lowest BCUT2D eigenvalue weighted by Crippen LogP contribution is -1.96. The van der Waals surface area contributed by atoms with E-state index in [9.17, 15) is 0 Å². The number of rotatable bonds is 2. The Hall–Kier alpha value is -1.30. The van der Waals surface area contributed by atoms with E-state index in [1.165, 1.54) is 18.5 Å². The normalized spacial score (nSPS) is 16.0. The van der Waals surface area contributed by atoms with Crippen molar-refractivity contribution in [3.05, 3.63) is 17.5 Å². The SMILES string of the molecule is Cn1nc(C2CC2)cc1CC#N. The zero-order valence-electron chi connectivity index (χ0n) is 7.12. The summed E-state index contributed by atoms with van der Waals surface area (Å²) in [4.78, 5) is 0. The van der Waals surface area contributed by atoms with Crippen LogP contribution in [0.4, 0.5) is 0 Å². The van der Waals surface area contributed by atoms with E-state index >= 15 is 0 Å². The summed E-state index contributed by atoms with van der Waals surface area (Å²) in [6, 6.07) is 4.19. The molecule has 0 radical (unpaired) electrons. The first-order valence-corrected chi connectivity index (χ1v) is 4.21. The van der Waals surface area contributed by atoms with Gasteiger partial charge in [0.25, 0.3) is 0 Å². The maximum Gasteiger partial charge on any atom is 0.0771 e. The summed E-state index contributed by atoms with van der Waals surface area (Å²) >= 11 is 0. The number of hydrogen-bond acceptors (Lipinski definition) is 2. The van der Waals surface area contributed by atoms with Crippen molar-refractivity contribution < 1.29 is 0 Å². The molecule has 1 aliphatic rings. The minimum absolute atomic E-state index is 0.468. The molecule has 1 aromatic rings. The molecular weight excluding hydrogens is 150 g/mol. The Morgan fingerprint density at radius 3 is 3.08 bits per heavy atom. The average Bonchev–Trinajstić information content (AvgIpc) is 2.80. The van der Waals surface area contributed by atoms with Gasteiger partial charge in [0.2, 0.25) is 0 Å². The van der Waals surface area contributed by atoms with E-state index in [1.54, 1.807) is 0 Å². The summed E-state index contributed by atoms with van der Waals surface area (Å²) in [6.45, 7) is 0. The van der Waals surface area contributed by atoms with Crippen molar-refractivity contribution in [1.82, 2.24) is 9.78 Å². The van der Waals surface area contributed by atoms with Crippen LogP contribution in [0.5, 0.6) is 0 Å². The van der Waals surface area contributed by atoms with Crippen LogP contribution in [0.2, 0.25) is 0 Å². The second kappa shape index (κ2) is 2.63. The third-order valence-electron chi connectivity index (χ3n) is 2.25. The number of hydrogen-bond donors (Lipinski definition) is 0. The Morgan fingerprint density at radius 1 is 1.75 bits per heavy atom. The second-order valence-corrected chi connectivity index (χ2v) is 3.29. The molecule has 1 saturated carbocycles. The lowest BCUT2D eigenvalue weighted by Gasteiger charge is -1.91. The quantitative estimate of drug-likeness (QED) is 0.657. The first-order chi connectivity index (χ1) is 5.81. The van der Waals surface area contributed by atoms with Gasteiger partial charge in [0.1, 0.15) is 0 Å². The van der Waals surface area contributed by atoms with Gasteiger partial charge in [0.15, 0.2) is 0 Å². The van der Waals surface area contributed by atoms with Gasteiger partial charge < -0.3 is 0 Å². The Bertz CT molecular complexity index is 328. The fraction of sp³-hybridized carbons (Fsp3) is 0.556. The van der Waals surface area contributed by atoms with Crippen molar-refractivity contribution in [2.75, 3.05) is 0 Å². The molecule has 0 unspecified atom stereocenters. The van der Waals surface area contributed by atoms with Crippen LogP contribution in [0.3, 0.4) is 0 Å². The topological polar surface area (TPSA) is 41.6 Å². The van der Waals surface area contributed by atoms with Gasteiger partial charge in [-0.05, 0) is 18.9 Å². The molecule has 0 atom stereocenters. The van der Waals surface area contributed by atoms with Gasteiger partial charge in [0, 0.05) is 13.0 Å². The van der Waals surface area contributed by atoms with Crippen LogP contribution in [-0.2, 0) is 13.5 Å². The van der Waals surface area contributed by atoms with Gasteiger partial charge in [-0.15, -0.1) is 0 Å². The van der Waals surface area contributed by atoms with E-state index in [0.717, 1.165) is 5.69 Å². The lowest BCUT2D eigenvalue weighted by molar-refractivity contribution is 0.712. The van der Waals surface area contributed by atoms with E-state index < -0.39 is 0 Å². The van der Waals surface area contributed by atoms with Gasteiger partial charge in [0.05, 0.1) is 23.9 Å². The average molecular weight is 161 g/mol. The Kier molecular flexibility index (Phi) is 1.61. The fourth-order valence-electron chi connectivity index (χ4n) is 1.36. The Balaban J connectivity index is 2.25. The highest BCUT2D eigenvalue weighted by molar-refractivity contribution is 5.20. The summed E-state index contributed by atoms with van der Waals surface area (Å²) in [5.74, 6) is 0.684. The van der Waals surface area contributed by atoms with Crippen molar-refractivity contribution in [2.45, 2.75) is 25.2 Å². The van der Waals surface area contributed by atoms with Crippen LogP contribution < -0.4 is 0 Å². The second-order valence-electron chi connectivity index (χ2n) is 3.29. The van der Waals surface area contributed by atoms with Gasteiger partial charge in [-0.2, -0.15) is 10.4 Å². The molecule has 2 rings (SSSR count). The van der Waals surface area contributed by atoms with Gasteiger partial charge in [-0.1, -0.05) is 0 Å². The van der Waals surface area contributed by atoms with E-state index in [4.69, 9.17) is 5.26 Å². The maximum absolute atomic E-state index is 8.52. The van der Waals surface area contributed by atoms with Gasteiger partial charge >= 0.3 is 0 Å². The molecule has 1 heterocycles. The third-order valence-corrected chi connectivity index (χ3v) is 2.25. The minimum Gasteiger partial charge on any atom is -0.271 e. The lowest BCUT2D eigenvalue weighted by atomic mass is 10.2. The highest BCUT2D eigenvalue weighted by Gasteiger charge is 2.26. The highest BCUT2D eigenvalue weighted by atomic mass is 15.3. The monoisotopic (exact) mass is 161 g/mol. The van der Waals surface area contributed by atoms with Crippen LogP contribution in [0, 0.1) is 11.3 Å². The van der Waals surface area contributed by atoms with E-state index in [2.05, 4.69) is 17.2 Å². The van der Waals surface area contributed by atoms with Crippen molar-refractivity contribution in [1.29, 1.82) is 5.26 Å². The number of aromatic nitrogens is 2. The molecule has 12 heavy (non-hydrogen) atoms. The van der Waals surface area contributed by atoms with Crippen LogP contribution >= 0.6 is 0 Å². The summed E-state index contributed by atoms with van der Waals surface area (Å²) in [5, 5.41) is 12.9. The van der Waals surface area contributed by atoms with E-state index in [1.807, 2.05) is 11.7 Å². The van der Waals surface area contributed by atoms with Gasteiger partial charge in [-0.25, -0.2) is 0 Å². The van der Waals surface area contributed by atoms with Crippen molar-refractivity contribution >= 4 is 0 Å². The molecular formula is C9H11N3. The summed E-state index contributed by atoms with van der Waals surface area (Å²) in [6.07, 6.45) is 3.00. The standard InChI is InChI=1S/C9H11N3/c1-12-8(4-5-10)6-9(11-12)7-2-3-7/h6-7H,2-4H2,1H3. The van der Waals surface area contributed by atoms with Crippen LogP contribution in [0.25, 0.3) is 0 Å². The van der Waals surface area contributed by atoms with Crippen LogP contribution in [0.15, 0.2) is 6.07 Å². The molecule has 0 aliphatic heterocycles. The summed E-state index contributed by atoms with van der Waals surface area (Å²) < 4.78 is 1.82. The molecule has 0 aromatic carbocycles. The highest BCUT2D eigenvalue weighted by Crippen LogP contribution is 2.39. The molecule has 3 heteroatoms. The van der Waals surface area contributed by atoms with Gasteiger partial charge in [-0.3, -0.25) is 4.68 Å². The first-order valence-electron chi connectivity index (χ1n) is 4.21. The Labute approximate surface area is 71.6 Å². The third kappa shape index (κ3) is 1.20. The van der Waals surface area contributed by atoms with Crippen molar-refractivity contribution in [3.8, 4) is 6.07 Å². The van der Waals surface area contributed by atoms with E-state index in [0.29, 0.717) is 12.3 Å². The summed E-state index contributed by atoms with van der Waals surface area (Å²) in [7, 11) is 1.90. The zero-order chi connectivity index (χ0) is 8.55. The van der Waals surface area contributed by atoms with Crippen LogP contribution in [0.1, 0.15) is 30.1 Å². The number of nitriles is 1.